The van der Waals surface area contributed by atoms with Crippen molar-refractivity contribution < 1.29 is 8.78 Å². The molecule has 6 heteroatoms. The summed E-state index contributed by atoms with van der Waals surface area (Å²) in [5.74, 6) is -1.03. The van der Waals surface area contributed by atoms with Crippen LogP contribution in [-0.4, -0.2) is 23.5 Å². The molecule has 0 aliphatic carbocycles. The summed E-state index contributed by atoms with van der Waals surface area (Å²) in [7, 11) is 0. The van der Waals surface area contributed by atoms with E-state index in [4.69, 9.17) is 5.73 Å². The van der Waals surface area contributed by atoms with Crippen molar-refractivity contribution in [2.45, 2.75) is 18.6 Å². The molecule has 0 spiro atoms. The first-order valence-corrected chi connectivity index (χ1v) is 6.64. The average molecular weight is 273 g/mol. The van der Waals surface area contributed by atoms with E-state index in [1.165, 1.54) is 0 Å². The molecule has 100 valence electrons. The number of benzene rings is 1. The summed E-state index contributed by atoms with van der Waals surface area (Å²) in [6.07, 6.45) is 1.98. The van der Waals surface area contributed by atoms with Gasteiger partial charge in [-0.15, -0.1) is 0 Å². The first-order chi connectivity index (χ1) is 8.34. The van der Waals surface area contributed by atoms with Crippen LogP contribution in [-0.2, 0) is 0 Å². The summed E-state index contributed by atoms with van der Waals surface area (Å²) >= 11 is 1.66. The monoisotopic (exact) mass is 273 g/mol. The number of hydrogen-bond donors (Lipinski definition) is 2. The van der Waals surface area contributed by atoms with Crippen LogP contribution in [0.2, 0.25) is 0 Å². The Bertz CT molecular complexity index is 447. The van der Waals surface area contributed by atoms with Gasteiger partial charge in [-0.25, -0.2) is 8.78 Å². The number of guanidine groups is 1. The second-order valence-electron chi connectivity index (χ2n) is 4.41. The largest absolute Gasteiger partial charge is 0.370 e. The van der Waals surface area contributed by atoms with Crippen LogP contribution < -0.4 is 11.1 Å². The van der Waals surface area contributed by atoms with Crippen LogP contribution in [0.15, 0.2) is 23.2 Å². The van der Waals surface area contributed by atoms with Gasteiger partial charge in [0.25, 0.3) is 0 Å². The molecule has 3 N–H and O–H groups in total. The van der Waals surface area contributed by atoms with Crippen molar-refractivity contribution in [1.29, 1.82) is 0 Å². The van der Waals surface area contributed by atoms with Crippen molar-refractivity contribution in [2.24, 2.45) is 10.7 Å². The lowest BCUT2D eigenvalue weighted by molar-refractivity contribution is 0.604. The van der Waals surface area contributed by atoms with E-state index in [0.29, 0.717) is 6.54 Å². The SMILES string of the molecule is CSC(C)(C)CN=C(N)Nc1cc(F)ccc1F. The Morgan fingerprint density at radius 3 is 2.72 bits per heavy atom. The molecule has 18 heavy (non-hydrogen) atoms. The van der Waals surface area contributed by atoms with Gasteiger partial charge in [0.2, 0.25) is 0 Å². The van der Waals surface area contributed by atoms with Crippen LogP contribution in [0.25, 0.3) is 0 Å². The molecule has 1 aromatic carbocycles. The normalized spacial score (nSPS) is 12.6. The van der Waals surface area contributed by atoms with Gasteiger partial charge in [0.05, 0.1) is 12.2 Å². The predicted octanol–water partition coefficient (Wildman–Crippen LogP) is 2.83. The Morgan fingerprint density at radius 1 is 1.44 bits per heavy atom. The summed E-state index contributed by atoms with van der Waals surface area (Å²) in [5.41, 5.74) is 5.61. The molecular formula is C12H17F2N3S. The van der Waals surface area contributed by atoms with Crippen LogP contribution >= 0.6 is 11.8 Å². The third kappa shape index (κ3) is 4.52. The van der Waals surface area contributed by atoms with E-state index in [9.17, 15) is 8.78 Å². The van der Waals surface area contributed by atoms with Gasteiger partial charge in [-0.3, -0.25) is 4.99 Å². The highest BCUT2D eigenvalue weighted by atomic mass is 32.2. The van der Waals surface area contributed by atoms with Gasteiger partial charge in [-0.05, 0) is 32.2 Å². The topological polar surface area (TPSA) is 50.4 Å². The van der Waals surface area contributed by atoms with Crippen LogP contribution in [0.3, 0.4) is 0 Å². The third-order valence-corrected chi connectivity index (χ3v) is 3.61. The number of halogens is 2. The Labute approximate surface area is 110 Å². The molecular weight excluding hydrogens is 256 g/mol. The van der Waals surface area contributed by atoms with Gasteiger partial charge in [-0.1, -0.05) is 0 Å². The molecule has 0 heterocycles. The minimum Gasteiger partial charge on any atom is -0.370 e. The van der Waals surface area contributed by atoms with E-state index < -0.39 is 11.6 Å². The maximum absolute atomic E-state index is 13.3. The lowest BCUT2D eigenvalue weighted by Crippen LogP contribution is -2.27. The van der Waals surface area contributed by atoms with Crippen LogP contribution in [0.1, 0.15) is 13.8 Å². The fourth-order valence-electron chi connectivity index (χ4n) is 1.11. The minimum absolute atomic E-state index is 0.0155. The lowest BCUT2D eigenvalue weighted by atomic mass is 10.2. The average Bonchev–Trinajstić information content (AvgIpc) is 2.31. The number of thioether (sulfide) groups is 1. The Kier molecular flexibility index (Phi) is 4.95. The molecule has 0 atom stereocenters. The summed E-state index contributed by atoms with van der Waals surface area (Å²) < 4.78 is 26.2. The highest BCUT2D eigenvalue weighted by molar-refractivity contribution is 7.99. The van der Waals surface area contributed by atoms with E-state index in [1.54, 1.807) is 11.8 Å². The highest BCUT2D eigenvalue weighted by Crippen LogP contribution is 2.21. The maximum atomic E-state index is 13.3. The van der Waals surface area contributed by atoms with Gasteiger partial charge in [0.1, 0.15) is 11.6 Å². The van der Waals surface area contributed by atoms with Crippen LogP contribution in [0.4, 0.5) is 14.5 Å². The molecule has 0 radical (unpaired) electrons. The zero-order valence-electron chi connectivity index (χ0n) is 10.6. The zero-order valence-corrected chi connectivity index (χ0v) is 11.4. The zero-order chi connectivity index (χ0) is 13.8. The number of hydrogen-bond acceptors (Lipinski definition) is 2. The van der Waals surface area contributed by atoms with Crippen LogP contribution in [0.5, 0.6) is 0 Å². The van der Waals surface area contributed by atoms with Gasteiger partial charge >= 0.3 is 0 Å². The molecule has 1 aromatic rings. The van der Waals surface area contributed by atoms with Crippen LogP contribution in [0, 0.1) is 11.6 Å². The van der Waals surface area contributed by atoms with E-state index in [2.05, 4.69) is 10.3 Å². The van der Waals surface area contributed by atoms with Crippen molar-refractivity contribution >= 4 is 23.4 Å². The number of nitrogens with zero attached hydrogens (tertiary/aromatic N) is 1. The number of aliphatic imine (C=N–C) groups is 1. The van der Waals surface area contributed by atoms with Crippen molar-refractivity contribution in [3.05, 3.63) is 29.8 Å². The quantitative estimate of drug-likeness (QED) is 0.655. The molecule has 0 aliphatic heterocycles. The molecule has 1 rings (SSSR count). The first-order valence-electron chi connectivity index (χ1n) is 5.41. The molecule has 0 aliphatic rings. The molecule has 0 unspecified atom stereocenters. The van der Waals surface area contributed by atoms with Gasteiger partial charge < -0.3 is 11.1 Å². The van der Waals surface area contributed by atoms with Crippen molar-refractivity contribution in [2.75, 3.05) is 18.1 Å². The number of nitrogens with one attached hydrogen (secondary N) is 1. The van der Waals surface area contributed by atoms with E-state index in [1.807, 2.05) is 20.1 Å². The fraction of sp³-hybridized carbons (Fsp3) is 0.417. The first kappa shape index (κ1) is 14.8. The standard InChI is InChI=1S/C12H17F2N3S/c1-12(2,18-3)7-16-11(15)17-10-6-8(13)4-5-9(10)14/h4-6H,7H2,1-3H3,(H3,15,16,17). The summed E-state index contributed by atoms with van der Waals surface area (Å²) in [6, 6.07) is 3.12. The van der Waals surface area contributed by atoms with Gasteiger partial charge in [-0.2, -0.15) is 11.8 Å². The minimum atomic E-state index is -0.571. The summed E-state index contributed by atoms with van der Waals surface area (Å²) in [6.45, 7) is 4.54. The molecule has 3 nitrogen and oxygen atoms in total. The Hall–Kier alpha value is -1.30. The Morgan fingerprint density at radius 2 is 2.11 bits per heavy atom. The van der Waals surface area contributed by atoms with Crippen molar-refractivity contribution in [3.8, 4) is 0 Å². The fourth-order valence-corrected chi connectivity index (χ4v) is 1.30. The van der Waals surface area contributed by atoms with E-state index in [0.717, 1.165) is 18.2 Å². The third-order valence-electron chi connectivity index (χ3n) is 2.37. The van der Waals surface area contributed by atoms with Gasteiger partial charge in [0.15, 0.2) is 5.96 Å². The molecule has 0 amide bonds. The summed E-state index contributed by atoms with van der Waals surface area (Å²) in [5, 5.41) is 2.55. The molecule has 0 fully saturated rings. The smallest absolute Gasteiger partial charge is 0.193 e. The Balaban J connectivity index is 2.72. The molecule has 0 bridgehead atoms. The van der Waals surface area contributed by atoms with E-state index >= 15 is 0 Å². The molecule has 0 saturated carbocycles. The van der Waals surface area contributed by atoms with Gasteiger partial charge in [0, 0.05) is 10.8 Å². The predicted molar refractivity (Wildman–Crippen MR) is 74.1 cm³/mol. The highest BCUT2D eigenvalue weighted by Gasteiger charge is 2.15. The molecule has 0 aromatic heterocycles. The summed E-state index contributed by atoms with van der Waals surface area (Å²) in [4.78, 5) is 4.11. The van der Waals surface area contributed by atoms with E-state index in [-0.39, 0.29) is 16.4 Å². The second kappa shape index (κ2) is 6.04. The number of nitrogens with two attached hydrogens (primary N) is 1. The lowest BCUT2D eigenvalue weighted by Gasteiger charge is -2.19. The van der Waals surface area contributed by atoms with Crippen molar-refractivity contribution in [1.82, 2.24) is 0 Å². The second-order valence-corrected chi connectivity index (χ2v) is 5.93. The number of rotatable bonds is 4. The maximum Gasteiger partial charge on any atom is 0.193 e. The number of anilines is 1. The van der Waals surface area contributed by atoms with Crippen molar-refractivity contribution in [3.63, 3.8) is 0 Å². The molecule has 0 saturated heterocycles.